The first kappa shape index (κ1) is 15.7. The van der Waals surface area contributed by atoms with Crippen LogP contribution in [0.25, 0.3) is 0 Å². The van der Waals surface area contributed by atoms with Gasteiger partial charge in [0, 0.05) is 23.2 Å². The highest BCUT2D eigenvalue weighted by atomic mass is 35.5. The second-order valence-corrected chi connectivity index (χ2v) is 5.27. The van der Waals surface area contributed by atoms with Gasteiger partial charge in [-0.15, -0.1) is 0 Å². The summed E-state index contributed by atoms with van der Waals surface area (Å²) in [5.74, 6) is 1.70. The molecule has 0 saturated heterocycles. The largest absolute Gasteiger partial charge is 0.497 e. The Labute approximate surface area is 130 Å². The van der Waals surface area contributed by atoms with Crippen LogP contribution in [0.5, 0.6) is 11.5 Å². The Kier molecular flexibility index (Phi) is 5.48. The summed E-state index contributed by atoms with van der Waals surface area (Å²) in [6, 6.07) is 13.9. The molecule has 0 unspecified atom stereocenters. The molecule has 0 aliphatic rings. The van der Waals surface area contributed by atoms with E-state index in [2.05, 4.69) is 18.3 Å². The standard InChI is InChI=1S/C17H20ClNO2/c1-12(13-5-4-6-16(10-13)20-2)19-11-14-9-15(18)7-8-17(14)21-3/h4-10,12,19H,11H2,1-3H3/t12-/m0/s1. The van der Waals surface area contributed by atoms with Gasteiger partial charge in [0.1, 0.15) is 11.5 Å². The topological polar surface area (TPSA) is 30.5 Å². The van der Waals surface area contributed by atoms with Gasteiger partial charge in [0.2, 0.25) is 0 Å². The molecule has 0 aliphatic carbocycles. The number of halogens is 1. The maximum atomic E-state index is 6.05. The Morgan fingerprint density at radius 1 is 1.10 bits per heavy atom. The van der Waals surface area contributed by atoms with Gasteiger partial charge in [-0.05, 0) is 42.8 Å². The van der Waals surface area contributed by atoms with Crippen LogP contribution in [0.1, 0.15) is 24.1 Å². The van der Waals surface area contributed by atoms with Crippen LogP contribution in [0.15, 0.2) is 42.5 Å². The highest BCUT2D eigenvalue weighted by molar-refractivity contribution is 6.30. The maximum absolute atomic E-state index is 6.05. The molecule has 0 heterocycles. The van der Waals surface area contributed by atoms with E-state index in [4.69, 9.17) is 21.1 Å². The summed E-state index contributed by atoms with van der Waals surface area (Å²) in [6.45, 7) is 2.80. The van der Waals surface area contributed by atoms with E-state index in [0.29, 0.717) is 11.6 Å². The van der Waals surface area contributed by atoms with Gasteiger partial charge in [-0.2, -0.15) is 0 Å². The van der Waals surface area contributed by atoms with E-state index < -0.39 is 0 Å². The Morgan fingerprint density at radius 3 is 2.62 bits per heavy atom. The molecule has 0 aromatic heterocycles. The lowest BCUT2D eigenvalue weighted by Crippen LogP contribution is -2.18. The van der Waals surface area contributed by atoms with E-state index in [1.54, 1.807) is 14.2 Å². The molecule has 1 atom stereocenters. The summed E-state index contributed by atoms with van der Waals surface area (Å²) in [6.07, 6.45) is 0. The van der Waals surface area contributed by atoms with Crippen molar-refractivity contribution < 1.29 is 9.47 Å². The quantitative estimate of drug-likeness (QED) is 0.867. The zero-order chi connectivity index (χ0) is 15.2. The Morgan fingerprint density at radius 2 is 1.90 bits per heavy atom. The van der Waals surface area contributed by atoms with Crippen molar-refractivity contribution in [2.24, 2.45) is 0 Å². The Balaban J connectivity index is 2.06. The molecule has 4 heteroatoms. The highest BCUT2D eigenvalue weighted by Crippen LogP contribution is 2.24. The van der Waals surface area contributed by atoms with Crippen molar-refractivity contribution in [3.8, 4) is 11.5 Å². The molecule has 1 N–H and O–H groups in total. The molecule has 0 fully saturated rings. The van der Waals surface area contributed by atoms with Crippen molar-refractivity contribution in [3.05, 3.63) is 58.6 Å². The fourth-order valence-electron chi connectivity index (χ4n) is 2.18. The SMILES string of the molecule is COc1cccc([C@H](C)NCc2cc(Cl)ccc2OC)c1. The van der Waals surface area contributed by atoms with Crippen LogP contribution >= 0.6 is 11.6 Å². The summed E-state index contributed by atoms with van der Waals surface area (Å²) in [5.41, 5.74) is 2.22. The third-order valence-corrected chi connectivity index (χ3v) is 3.67. The summed E-state index contributed by atoms with van der Waals surface area (Å²) in [4.78, 5) is 0. The number of hydrogen-bond acceptors (Lipinski definition) is 3. The minimum Gasteiger partial charge on any atom is -0.497 e. The second-order valence-electron chi connectivity index (χ2n) is 4.84. The van der Waals surface area contributed by atoms with Gasteiger partial charge in [-0.1, -0.05) is 23.7 Å². The zero-order valence-electron chi connectivity index (χ0n) is 12.5. The van der Waals surface area contributed by atoms with Crippen molar-refractivity contribution in [1.82, 2.24) is 5.32 Å². The number of methoxy groups -OCH3 is 2. The number of rotatable bonds is 6. The first-order chi connectivity index (χ1) is 10.1. The van der Waals surface area contributed by atoms with Crippen LogP contribution in [0.3, 0.4) is 0 Å². The van der Waals surface area contributed by atoms with Crippen LogP contribution in [0, 0.1) is 0 Å². The van der Waals surface area contributed by atoms with Gasteiger partial charge in [-0.25, -0.2) is 0 Å². The lowest BCUT2D eigenvalue weighted by Gasteiger charge is -2.16. The van der Waals surface area contributed by atoms with E-state index in [0.717, 1.165) is 17.1 Å². The molecular formula is C17H20ClNO2. The van der Waals surface area contributed by atoms with Crippen LogP contribution in [0.4, 0.5) is 0 Å². The average Bonchev–Trinajstić information content (AvgIpc) is 2.52. The lowest BCUT2D eigenvalue weighted by molar-refractivity contribution is 0.405. The summed E-state index contributed by atoms with van der Waals surface area (Å²) < 4.78 is 10.6. The van der Waals surface area contributed by atoms with E-state index in [1.807, 2.05) is 36.4 Å². The molecule has 0 bridgehead atoms. The molecule has 2 rings (SSSR count). The molecule has 0 amide bonds. The maximum Gasteiger partial charge on any atom is 0.123 e. The normalized spacial score (nSPS) is 12.0. The fourth-order valence-corrected chi connectivity index (χ4v) is 2.37. The number of hydrogen-bond donors (Lipinski definition) is 1. The van der Waals surface area contributed by atoms with E-state index in [9.17, 15) is 0 Å². The molecule has 2 aromatic carbocycles. The van der Waals surface area contributed by atoms with Crippen molar-refractivity contribution in [1.29, 1.82) is 0 Å². The predicted octanol–water partition coefficient (Wildman–Crippen LogP) is 4.21. The predicted molar refractivity (Wildman–Crippen MR) is 86.3 cm³/mol. The summed E-state index contributed by atoms with van der Waals surface area (Å²) in [5, 5.41) is 4.18. The van der Waals surface area contributed by atoms with Gasteiger partial charge in [-0.3, -0.25) is 0 Å². The highest BCUT2D eigenvalue weighted by Gasteiger charge is 2.09. The third kappa shape index (κ3) is 4.13. The van der Waals surface area contributed by atoms with Crippen molar-refractivity contribution >= 4 is 11.6 Å². The number of benzene rings is 2. The van der Waals surface area contributed by atoms with Gasteiger partial charge >= 0.3 is 0 Å². The van der Waals surface area contributed by atoms with Crippen molar-refractivity contribution in [2.45, 2.75) is 19.5 Å². The summed E-state index contributed by atoms with van der Waals surface area (Å²) >= 11 is 6.05. The number of ether oxygens (including phenoxy) is 2. The molecule has 0 spiro atoms. The van der Waals surface area contributed by atoms with Crippen molar-refractivity contribution in [2.75, 3.05) is 14.2 Å². The second kappa shape index (κ2) is 7.34. The number of nitrogens with one attached hydrogen (secondary N) is 1. The monoisotopic (exact) mass is 305 g/mol. The third-order valence-electron chi connectivity index (χ3n) is 3.43. The minimum atomic E-state index is 0.198. The zero-order valence-corrected chi connectivity index (χ0v) is 13.3. The molecule has 3 nitrogen and oxygen atoms in total. The van der Waals surface area contributed by atoms with E-state index in [1.165, 1.54) is 5.56 Å². The van der Waals surface area contributed by atoms with Crippen LogP contribution < -0.4 is 14.8 Å². The van der Waals surface area contributed by atoms with Gasteiger partial charge < -0.3 is 14.8 Å². The average molecular weight is 306 g/mol. The molecule has 0 saturated carbocycles. The van der Waals surface area contributed by atoms with Crippen molar-refractivity contribution in [3.63, 3.8) is 0 Å². The van der Waals surface area contributed by atoms with Gasteiger partial charge in [0.05, 0.1) is 14.2 Å². The first-order valence-electron chi connectivity index (χ1n) is 6.83. The van der Waals surface area contributed by atoms with E-state index in [-0.39, 0.29) is 6.04 Å². The Hall–Kier alpha value is -1.71. The van der Waals surface area contributed by atoms with Crippen LogP contribution in [-0.4, -0.2) is 14.2 Å². The minimum absolute atomic E-state index is 0.198. The smallest absolute Gasteiger partial charge is 0.123 e. The molecule has 21 heavy (non-hydrogen) atoms. The molecular weight excluding hydrogens is 286 g/mol. The fraction of sp³-hybridized carbons (Fsp3) is 0.294. The molecule has 0 aliphatic heterocycles. The molecule has 0 radical (unpaired) electrons. The summed E-state index contributed by atoms with van der Waals surface area (Å²) in [7, 11) is 3.34. The Bertz CT molecular complexity index is 601. The van der Waals surface area contributed by atoms with Gasteiger partial charge in [0.25, 0.3) is 0 Å². The lowest BCUT2D eigenvalue weighted by atomic mass is 10.1. The van der Waals surface area contributed by atoms with Crippen LogP contribution in [-0.2, 0) is 6.54 Å². The van der Waals surface area contributed by atoms with E-state index >= 15 is 0 Å². The van der Waals surface area contributed by atoms with Crippen LogP contribution in [0.2, 0.25) is 5.02 Å². The molecule has 112 valence electrons. The molecule has 2 aromatic rings. The first-order valence-corrected chi connectivity index (χ1v) is 7.21. The van der Waals surface area contributed by atoms with Gasteiger partial charge in [0.15, 0.2) is 0 Å².